The van der Waals surface area contributed by atoms with Crippen molar-refractivity contribution in [1.29, 1.82) is 0 Å². The summed E-state index contributed by atoms with van der Waals surface area (Å²) in [6.07, 6.45) is 0. The largest absolute Gasteiger partial charge is 0.453 e. The van der Waals surface area contributed by atoms with Gasteiger partial charge in [0, 0.05) is 11.6 Å². The molecular formula is C15H17N7O2. The summed E-state index contributed by atoms with van der Waals surface area (Å²) in [6, 6.07) is 4.43. The Kier molecular flexibility index (Phi) is 3.08. The summed E-state index contributed by atoms with van der Waals surface area (Å²) in [6.45, 7) is 0. The first kappa shape index (κ1) is 15.2. The fourth-order valence-corrected chi connectivity index (χ4v) is 2.48. The molecule has 0 atom stereocenters. The van der Waals surface area contributed by atoms with Gasteiger partial charge in [-0.25, -0.2) is 0 Å². The van der Waals surface area contributed by atoms with E-state index in [4.69, 9.17) is 44.6 Å². The zero-order valence-electron chi connectivity index (χ0n) is 12.6. The van der Waals surface area contributed by atoms with Crippen molar-refractivity contribution in [2.24, 2.45) is 0 Å². The second-order valence-corrected chi connectivity index (χ2v) is 5.41. The van der Waals surface area contributed by atoms with Gasteiger partial charge in [-0.1, -0.05) is 0 Å². The van der Waals surface area contributed by atoms with Crippen LogP contribution in [0.5, 0.6) is 0 Å². The van der Waals surface area contributed by atoms with E-state index in [2.05, 4.69) is 0 Å². The lowest BCUT2D eigenvalue weighted by Crippen LogP contribution is -2.13. The molecule has 0 amide bonds. The molecule has 0 fully saturated rings. The number of anilines is 7. The van der Waals surface area contributed by atoms with Crippen LogP contribution in [-0.2, 0) is 0 Å². The van der Waals surface area contributed by atoms with Crippen LogP contribution in [0.4, 0.5) is 39.8 Å². The molecule has 3 aromatic rings. The lowest BCUT2D eigenvalue weighted by atomic mass is 10.0. The summed E-state index contributed by atoms with van der Waals surface area (Å²) < 4.78 is 5.73. The molecule has 0 aliphatic rings. The Morgan fingerprint density at radius 1 is 0.667 bits per heavy atom. The topological polar surface area (TPSA) is 212 Å². The van der Waals surface area contributed by atoms with Crippen LogP contribution in [0.3, 0.4) is 0 Å². The molecule has 0 saturated heterocycles. The van der Waals surface area contributed by atoms with Crippen LogP contribution in [0.1, 0.15) is 0 Å². The highest BCUT2D eigenvalue weighted by Gasteiger charge is 2.19. The highest BCUT2D eigenvalue weighted by atomic mass is 16.3. The molecule has 1 aromatic heterocycles. The maximum atomic E-state index is 12.6. The Bertz CT molecular complexity index is 1030. The van der Waals surface area contributed by atoms with Gasteiger partial charge >= 0.3 is 0 Å². The summed E-state index contributed by atoms with van der Waals surface area (Å²) in [4.78, 5) is 12.6. The molecule has 9 heteroatoms. The van der Waals surface area contributed by atoms with Gasteiger partial charge in [0.05, 0.1) is 39.5 Å². The first-order valence-corrected chi connectivity index (χ1v) is 6.87. The van der Waals surface area contributed by atoms with Gasteiger partial charge in [0.1, 0.15) is 11.3 Å². The highest BCUT2D eigenvalue weighted by Crippen LogP contribution is 2.37. The first-order valence-electron chi connectivity index (χ1n) is 6.87. The normalized spacial score (nSPS) is 11.0. The number of benzene rings is 2. The van der Waals surface area contributed by atoms with Crippen LogP contribution in [0.25, 0.3) is 22.3 Å². The third-order valence-corrected chi connectivity index (χ3v) is 3.84. The lowest BCUT2D eigenvalue weighted by molar-refractivity contribution is 0.622. The number of nitrogen functional groups attached to an aromatic ring is 7. The van der Waals surface area contributed by atoms with Crippen LogP contribution < -0.4 is 45.6 Å². The summed E-state index contributed by atoms with van der Waals surface area (Å²) in [5, 5.41) is 0.0688. The van der Waals surface area contributed by atoms with Crippen LogP contribution >= 0.6 is 0 Å². The zero-order chi connectivity index (χ0) is 17.8. The van der Waals surface area contributed by atoms with E-state index in [1.807, 2.05) is 0 Å². The highest BCUT2D eigenvalue weighted by molar-refractivity contribution is 6.02. The predicted molar refractivity (Wildman–Crippen MR) is 98.8 cm³/mol. The van der Waals surface area contributed by atoms with Gasteiger partial charge in [-0.3, -0.25) is 4.79 Å². The maximum Gasteiger partial charge on any atom is 0.218 e. The smallest absolute Gasteiger partial charge is 0.218 e. The molecule has 9 nitrogen and oxygen atoms in total. The summed E-state index contributed by atoms with van der Waals surface area (Å²) in [7, 11) is 0. The minimum atomic E-state index is -0.524. The van der Waals surface area contributed by atoms with Gasteiger partial charge in [0.2, 0.25) is 5.43 Å². The Labute approximate surface area is 136 Å². The van der Waals surface area contributed by atoms with E-state index in [0.717, 1.165) is 0 Å². The second-order valence-electron chi connectivity index (χ2n) is 5.41. The summed E-state index contributed by atoms with van der Waals surface area (Å²) in [5.74, 6) is 0.0921. The molecule has 0 unspecified atom stereocenters. The maximum absolute atomic E-state index is 12.6. The number of nitrogens with two attached hydrogens (primary N) is 7. The molecule has 0 aliphatic carbocycles. The van der Waals surface area contributed by atoms with E-state index < -0.39 is 5.43 Å². The lowest BCUT2D eigenvalue weighted by Gasteiger charge is -2.13. The second kappa shape index (κ2) is 4.88. The molecule has 14 N–H and O–H groups in total. The van der Waals surface area contributed by atoms with E-state index in [-0.39, 0.29) is 56.5 Å². The number of fused-ring (bicyclic) bond motifs is 1. The van der Waals surface area contributed by atoms with E-state index in [9.17, 15) is 4.79 Å². The minimum Gasteiger partial charge on any atom is -0.453 e. The van der Waals surface area contributed by atoms with Crippen molar-refractivity contribution >= 4 is 50.8 Å². The van der Waals surface area contributed by atoms with Gasteiger partial charge in [0.25, 0.3) is 0 Å². The van der Waals surface area contributed by atoms with Crippen molar-refractivity contribution < 1.29 is 4.42 Å². The Balaban J connectivity index is 2.41. The van der Waals surface area contributed by atoms with Crippen molar-refractivity contribution in [3.8, 4) is 11.3 Å². The third-order valence-electron chi connectivity index (χ3n) is 3.84. The van der Waals surface area contributed by atoms with Crippen molar-refractivity contribution in [2.45, 2.75) is 0 Å². The van der Waals surface area contributed by atoms with Gasteiger partial charge < -0.3 is 44.6 Å². The Morgan fingerprint density at radius 2 is 1.21 bits per heavy atom. The molecule has 3 rings (SSSR count). The van der Waals surface area contributed by atoms with E-state index >= 15 is 0 Å². The Morgan fingerprint density at radius 3 is 1.79 bits per heavy atom. The van der Waals surface area contributed by atoms with Crippen LogP contribution in [0.2, 0.25) is 0 Å². The quantitative estimate of drug-likeness (QED) is 0.310. The number of hydrogen-bond acceptors (Lipinski definition) is 9. The molecule has 0 saturated carbocycles. The summed E-state index contributed by atoms with van der Waals surface area (Å²) >= 11 is 0. The molecule has 2 aromatic carbocycles. The van der Waals surface area contributed by atoms with Gasteiger partial charge in [0.15, 0.2) is 5.76 Å². The van der Waals surface area contributed by atoms with Crippen LogP contribution in [-0.4, -0.2) is 0 Å². The van der Waals surface area contributed by atoms with Gasteiger partial charge in [-0.05, 0) is 12.1 Å². The summed E-state index contributed by atoms with van der Waals surface area (Å²) in [5.41, 5.74) is 41.6. The van der Waals surface area contributed by atoms with E-state index in [1.165, 1.54) is 18.2 Å². The van der Waals surface area contributed by atoms with Crippen molar-refractivity contribution in [3.63, 3.8) is 0 Å². The molecule has 124 valence electrons. The monoisotopic (exact) mass is 327 g/mol. The first-order chi connectivity index (χ1) is 11.2. The predicted octanol–water partition coefficient (Wildman–Crippen LogP) is 0.535. The average molecular weight is 327 g/mol. The molecule has 1 heterocycles. The number of hydrogen-bond donors (Lipinski definition) is 7. The fraction of sp³-hybridized carbons (Fsp3) is 0. The van der Waals surface area contributed by atoms with Crippen molar-refractivity contribution in [2.75, 3.05) is 40.1 Å². The van der Waals surface area contributed by atoms with Crippen LogP contribution in [0.15, 0.2) is 27.4 Å². The van der Waals surface area contributed by atoms with Gasteiger partial charge in [-0.15, -0.1) is 0 Å². The molecule has 0 radical (unpaired) electrons. The molecule has 0 aliphatic heterocycles. The zero-order valence-corrected chi connectivity index (χ0v) is 12.6. The molecule has 0 bridgehead atoms. The molecular weight excluding hydrogens is 310 g/mol. The fourth-order valence-electron chi connectivity index (χ4n) is 2.48. The number of rotatable bonds is 1. The standard InChI is InChI=1S/C15H17N7O2/c16-5-1-4(2-6(17)10(5)19)15-13(22)14(23)9-8(24-15)3-7(18)11(20)12(9)21/h1-3H,16-22H2. The van der Waals surface area contributed by atoms with Gasteiger partial charge in [-0.2, -0.15) is 0 Å². The third kappa shape index (κ3) is 1.99. The Hall–Kier alpha value is -3.75. The SMILES string of the molecule is Nc1cc(-c2oc3cc(N)c(N)c(N)c3c(=O)c2N)cc(N)c1N. The van der Waals surface area contributed by atoms with Crippen molar-refractivity contribution in [3.05, 3.63) is 28.4 Å². The average Bonchev–Trinajstić information content (AvgIpc) is 2.53. The van der Waals surface area contributed by atoms with E-state index in [0.29, 0.717) is 5.56 Å². The van der Waals surface area contributed by atoms with Crippen LogP contribution in [0, 0.1) is 0 Å². The molecule has 24 heavy (non-hydrogen) atoms. The minimum absolute atomic E-state index is 0.0216. The van der Waals surface area contributed by atoms with E-state index in [1.54, 1.807) is 0 Å². The van der Waals surface area contributed by atoms with Crippen molar-refractivity contribution in [1.82, 2.24) is 0 Å². The molecule has 0 spiro atoms.